The number of phenols is 1. The van der Waals surface area contributed by atoms with Crippen molar-refractivity contribution in [2.24, 2.45) is 0 Å². The van der Waals surface area contributed by atoms with Crippen molar-refractivity contribution in [1.29, 1.82) is 0 Å². The molecule has 0 atom stereocenters. The summed E-state index contributed by atoms with van der Waals surface area (Å²) in [4.78, 5) is 11.8. The van der Waals surface area contributed by atoms with E-state index in [9.17, 15) is 9.90 Å². The summed E-state index contributed by atoms with van der Waals surface area (Å²) >= 11 is 0. The van der Waals surface area contributed by atoms with Crippen LogP contribution in [0.25, 0.3) is 17.2 Å². The second-order valence-electron chi connectivity index (χ2n) is 10.9. The fourth-order valence-electron chi connectivity index (χ4n) is 4.96. The van der Waals surface area contributed by atoms with Gasteiger partial charge in [-0.1, -0.05) is 59.9 Å². The van der Waals surface area contributed by atoms with E-state index in [0.717, 1.165) is 41.7 Å². The molecule has 0 spiro atoms. The summed E-state index contributed by atoms with van der Waals surface area (Å²) in [5, 5.41) is 10.8. The second kappa shape index (κ2) is 11.3. The minimum atomic E-state index is -0.376. The number of benzene rings is 2. The lowest BCUT2D eigenvalue weighted by molar-refractivity contribution is -0.137. The molecule has 1 aliphatic rings. The number of unbranched alkanes of at least 4 members (excludes halogenated alkanes) is 3. The molecule has 1 N–H and O–H groups in total. The monoisotopic (exact) mass is 478 g/mol. The molecule has 0 saturated carbocycles. The van der Waals surface area contributed by atoms with Gasteiger partial charge in [-0.05, 0) is 84.0 Å². The quantitative estimate of drug-likeness (QED) is 0.214. The summed E-state index contributed by atoms with van der Waals surface area (Å²) in [6.07, 6.45) is 9.98. The molecule has 2 aromatic rings. The average Bonchev–Trinajstić information content (AvgIpc) is 2.81. The first-order valence-electron chi connectivity index (χ1n) is 13.1. The van der Waals surface area contributed by atoms with Gasteiger partial charge in [-0.15, -0.1) is 0 Å². The Balaban J connectivity index is 2.07. The smallest absolute Gasteiger partial charge is 0.330 e. The van der Waals surface area contributed by atoms with E-state index in [1.807, 2.05) is 6.07 Å². The zero-order chi connectivity index (χ0) is 25.6. The molecule has 1 aliphatic carbocycles. The predicted octanol–water partition coefficient (Wildman–Crippen LogP) is 7.94. The number of rotatable bonds is 10. The number of fused-ring (bicyclic) bond motifs is 1. The number of carbonyl (C=O) groups is 1. The molecular weight excluding hydrogens is 436 g/mol. The largest absolute Gasteiger partial charge is 0.507 e. The van der Waals surface area contributed by atoms with Crippen molar-refractivity contribution in [1.82, 2.24) is 0 Å². The number of esters is 1. The Morgan fingerprint density at radius 3 is 2.46 bits per heavy atom. The highest BCUT2D eigenvalue weighted by Gasteiger charge is 2.39. The summed E-state index contributed by atoms with van der Waals surface area (Å²) < 4.78 is 11.5. The summed E-state index contributed by atoms with van der Waals surface area (Å²) in [5.74, 6) is 0.761. The maximum Gasteiger partial charge on any atom is 0.330 e. The Morgan fingerprint density at radius 2 is 1.74 bits per heavy atom. The van der Waals surface area contributed by atoms with Gasteiger partial charge in [-0.2, -0.15) is 0 Å². The highest BCUT2D eigenvalue weighted by Crippen LogP contribution is 2.51. The Morgan fingerprint density at radius 1 is 1.00 bits per heavy atom. The zero-order valence-corrected chi connectivity index (χ0v) is 22.4. The van der Waals surface area contributed by atoms with Crippen molar-refractivity contribution in [3.05, 3.63) is 53.1 Å². The van der Waals surface area contributed by atoms with Gasteiger partial charge in [0.1, 0.15) is 11.5 Å². The van der Waals surface area contributed by atoms with Gasteiger partial charge in [0.25, 0.3) is 0 Å². The van der Waals surface area contributed by atoms with Gasteiger partial charge in [0.15, 0.2) is 0 Å². The minimum Gasteiger partial charge on any atom is -0.507 e. The van der Waals surface area contributed by atoms with Crippen LogP contribution in [0.3, 0.4) is 0 Å². The third-order valence-electron chi connectivity index (χ3n) is 7.17. The van der Waals surface area contributed by atoms with E-state index in [1.54, 1.807) is 25.1 Å². The van der Waals surface area contributed by atoms with Crippen molar-refractivity contribution in [2.45, 2.75) is 90.9 Å². The molecule has 0 aliphatic heterocycles. The molecule has 3 rings (SSSR count). The molecule has 0 aromatic heterocycles. The summed E-state index contributed by atoms with van der Waals surface area (Å²) in [6, 6.07) is 9.72. The SMILES string of the molecule is CCCCCCOc1cc(-c2cc(/C=C/C(=O)OCC)ccc2O)cc2c1C(C)(C)CCC2(C)C. The summed E-state index contributed by atoms with van der Waals surface area (Å²) in [6.45, 7) is 14.3. The molecule has 0 unspecified atom stereocenters. The fourth-order valence-corrected chi connectivity index (χ4v) is 4.96. The van der Waals surface area contributed by atoms with Crippen molar-refractivity contribution >= 4 is 12.0 Å². The Bertz CT molecular complexity index is 1060. The van der Waals surface area contributed by atoms with Crippen LogP contribution in [-0.4, -0.2) is 24.3 Å². The predicted molar refractivity (Wildman–Crippen MR) is 144 cm³/mol. The molecule has 0 fully saturated rings. The molecule has 4 heteroatoms. The van der Waals surface area contributed by atoms with E-state index in [4.69, 9.17) is 9.47 Å². The maximum atomic E-state index is 11.8. The van der Waals surface area contributed by atoms with Gasteiger partial charge in [-0.25, -0.2) is 4.79 Å². The maximum absolute atomic E-state index is 11.8. The van der Waals surface area contributed by atoms with Crippen LogP contribution in [0.15, 0.2) is 36.4 Å². The Kier molecular flexibility index (Phi) is 8.69. The van der Waals surface area contributed by atoms with Crippen molar-refractivity contribution in [3.8, 4) is 22.6 Å². The van der Waals surface area contributed by atoms with Gasteiger partial charge in [-0.3, -0.25) is 0 Å². The van der Waals surface area contributed by atoms with Gasteiger partial charge < -0.3 is 14.6 Å². The van der Waals surface area contributed by atoms with E-state index in [1.165, 1.54) is 36.5 Å². The summed E-state index contributed by atoms with van der Waals surface area (Å²) in [5.41, 5.74) is 5.11. The Hall–Kier alpha value is -2.75. The first-order valence-corrected chi connectivity index (χ1v) is 13.1. The van der Waals surface area contributed by atoms with Gasteiger partial charge in [0.05, 0.1) is 13.2 Å². The van der Waals surface area contributed by atoms with Crippen molar-refractivity contribution < 1.29 is 19.4 Å². The van der Waals surface area contributed by atoms with E-state index in [0.29, 0.717) is 13.2 Å². The molecule has 0 amide bonds. The average molecular weight is 479 g/mol. The standard InChI is InChI=1S/C31H42O4/c1-7-9-10-11-18-35-27-21-23(20-25-29(27)31(5,6)17-16-30(25,3)4)24-19-22(12-14-26(24)32)13-15-28(33)34-8-2/h12-15,19-21,32H,7-11,16-18H2,1-6H3/b15-13+. The summed E-state index contributed by atoms with van der Waals surface area (Å²) in [7, 11) is 0. The van der Waals surface area contributed by atoms with Crippen LogP contribution in [0.5, 0.6) is 11.5 Å². The van der Waals surface area contributed by atoms with Crippen molar-refractivity contribution in [2.75, 3.05) is 13.2 Å². The number of aromatic hydroxyl groups is 1. The van der Waals surface area contributed by atoms with E-state index < -0.39 is 0 Å². The number of carbonyl (C=O) groups excluding carboxylic acids is 1. The molecule has 2 aromatic carbocycles. The molecule has 0 bridgehead atoms. The van der Waals surface area contributed by atoms with Gasteiger partial charge in [0.2, 0.25) is 0 Å². The highest BCUT2D eigenvalue weighted by molar-refractivity contribution is 5.87. The molecule has 4 nitrogen and oxygen atoms in total. The van der Waals surface area contributed by atoms with Crippen LogP contribution in [0.4, 0.5) is 0 Å². The lowest BCUT2D eigenvalue weighted by Crippen LogP contribution is -2.34. The van der Waals surface area contributed by atoms with Crippen molar-refractivity contribution in [3.63, 3.8) is 0 Å². The topological polar surface area (TPSA) is 55.8 Å². The highest BCUT2D eigenvalue weighted by atomic mass is 16.5. The minimum absolute atomic E-state index is 0.0121. The number of hydrogen-bond donors (Lipinski definition) is 1. The first-order chi connectivity index (χ1) is 16.6. The van der Waals surface area contributed by atoms with Crippen LogP contribution in [0.2, 0.25) is 0 Å². The lowest BCUT2D eigenvalue weighted by atomic mass is 9.62. The van der Waals surface area contributed by atoms with Crippen LogP contribution < -0.4 is 4.74 Å². The molecular formula is C31H42O4. The molecule has 0 radical (unpaired) electrons. The third-order valence-corrected chi connectivity index (χ3v) is 7.17. The fraction of sp³-hybridized carbons (Fsp3) is 0.516. The van der Waals surface area contributed by atoms with Gasteiger partial charge in [0, 0.05) is 17.2 Å². The van der Waals surface area contributed by atoms with Crippen LogP contribution >= 0.6 is 0 Å². The second-order valence-corrected chi connectivity index (χ2v) is 10.9. The molecule has 35 heavy (non-hydrogen) atoms. The number of ether oxygens (including phenoxy) is 2. The van der Waals surface area contributed by atoms with E-state index in [2.05, 4.69) is 46.8 Å². The van der Waals surface area contributed by atoms with E-state index >= 15 is 0 Å². The molecule has 0 saturated heterocycles. The number of hydrogen-bond acceptors (Lipinski definition) is 4. The molecule has 190 valence electrons. The first kappa shape index (κ1) is 26.8. The van der Waals surface area contributed by atoms with Crippen LogP contribution in [0.1, 0.15) is 96.8 Å². The zero-order valence-electron chi connectivity index (χ0n) is 22.4. The number of phenolic OH excluding ortho intramolecular Hbond substituents is 1. The molecule has 0 heterocycles. The van der Waals surface area contributed by atoms with Crippen LogP contribution in [0, 0.1) is 0 Å². The van der Waals surface area contributed by atoms with E-state index in [-0.39, 0.29) is 22.5 Å². The normalized spacial score (nSPS) is 16.2. The Labute approximate surface area is 211 Å². The third kappa shape index (κ3) is 6.48. The van der Waals surface area contributed by atoms with Crippen LogP contribution in [-0.2, 0) is 20.4 Å². The van der Waals surface area contributed by atoms with Gasteiger partial charge >= 0.3 is 5.97 Å². The lowest BCUT2D eigenvalue weighted by Gasteiger charge is -2.43.